The van der Waals surface area contributed by atoms with Gasteiger partial charge in [-0.15, -0.1) is 0 Å². The lowest BCUT2D eigenvalue weighted by Crippen LogP contribution is -2.45. The van der Waals surface area contributed by atoms with Crippen LogP contribution in [-0.4, -0.2) is 41.2 Å². The van der Waals surface area contributed by atoms with Crippen LogP contribution in [-0.2, 0) is 23.9 Å². The smallest absolute Gasteiger partial charge is 0.329 e. The summed E-state index contributed by atoms with van der Waals surface area (Å²) in [5, 5.41) is 3.13. The molecule has 7 nitrogen and oxygen atoms in total. The van der Waals surface area contributed by atoms with Crippen LogP contribution in [0, 0.1) is 18.8 Å². The molecule has 1 fully saturated rings. The largest absolute Gasteiger partial charge is 0.454 e. The van der Waals surface area contributed by atoms with Crippen LogP contribution < -0.4 is 5.32 Å². The van der Waals surface area contributed by atoms with Crippen LogP contribution >= 0.6 is 11.6 Å². The lowest BCUT2D eigenvalue weighted by atomic mass is 9.55. The van der Waals surface area contributed by atoms with Crippen LogP contribution in [0.3, 0.4) is 0 Å². The number of aryl methyl sites for hydroxylation is 1. The summed E-state index contributed by atoms with van der Waals surface area (Å²) >= 11 is 6.00. The highest BCUT2D eigenvalue weighted by Gasteiger charge is 2.62. The highest BCUT2D eigenvalue weighted by atomic mass is 35.5. The highest BCUT2D eigenvalue weighted by Crippen LogP contribution is 2.61. The van der Waals surface area contributed by atoms with E-state index in [1.807, 2.05) is 55.5 Å². The molecule has 3 amide bonds. The summed E-state index contributed by atoms with van der Waals surface area (Å²) < 4.78 is 5.23. The van der Waals surface area contributed by atoms with E-state index in [9.17, 15) is 19.2 Å². The molecule has 38 heavy (non-hydrogen) atoms. The third-order valence-electron chi connectivity index (χ3n) is 8.03. The van der Waals surface area contributed by atoms with Gasteiger partial charge in [-0.1, -0.05) is 66.2 Å². The summed E-state index contributed by atoms with van der Waals surface area (Å²) in [6, 6.07) is 19.8. The molecule has 1 N–H and O–H groups in total. The molecule has 3 atom stereocenters. The lowest BCUT2D eigenvalue weighted by Gasteiger charge is -2.45. The van der Waals surface area contributed by atoms with Gasteiger partial charge < -0.3 is 10.1 Å². The van der Waals surface area contributed by atoms with Crippen LogP contribution in [0.2, 0.25) is 5.02 Å². The van der Waals surface area contributed by atoms with Crippen LogP contribution in [0.5, 0.6) is 0 Å². The SMILES string of the molecule is Cc1ccc(Cl)cc1NC(=O)COC(=O)[C@@H](C)N1C(=O)[C@@H]2C3c4ccccc4C(c4ccccc43)[C@@H]2C1=O. The van der Waals surface area contributed by atoms with Crippen molar-refractivity contribution in [1.82, 2.24) is 4.90 Å². The second-order valence-corrected chi connectivity index (χ2v) is 10.5. The Morgan fingerprint density at radius 2 is 1.39 bits per heavy atom. The molecule has 3 aromatic rings. The standard InChI is InChI=1S/C30H25ClN2O5/c1-15-11-12-17(31)13-22(15)32-23(34)14-38-30(37)16(2)33-28(35)26-24-18-7-3-4-8-19(18)25(27(26)29(33)36)21-10-6-5-9-20(21)24/h3-13,16,24-27H,14H2,1-2H3,(H,32,34)/t16-,24?,25?,26-,27+/m1/s1. The fourth-order valence-corrected chi connectivity index (χ4v) is 6.53. The number of rotatable bonds is 5. The van der Waals surface area contributed by atoms with Crippen LogP contribution in [0.15, 0.2) is 66.7 Å². The van der Waals surface area contributed by atoms with E-state index >= 15 is 0 Å². The Hall–Kier alpha value is -3.97. The third-order valence-corrected chi connectivity index (χ3v) is 8.27. The zero-order valence-electron chi connectivity index (χ0n) is 20.8. The summed E-state index contributed by atoms with van der Waals surface area (Å²) in [7, 11) is 0. The molecule has 8 heteroatoms. The maximum atomic E-state index is 13.8. The van der Waals surface area contributed by atoms with E-state index < -0.39 is 36.4 Å². The molecule has 1 saturated heterocycles. The van der Waals surface area contributed by atoms with Gasteiger partial charge in [-0.3, -0.25) is 19.3 Å². The number of carbonyl (C=O) groups excluding carboxylic acids is 4. The van der Waals surface area contributed by atoms with Crippen molar-refractivity contribution in [3.63, 3.8) is 0 Å². The number of ether oxygens (including phenoxy) is 1. The molecule has 1 heterocycles. The first-order chi connectivity index (χ1) is 18.3. The Morgan fingerprint density at radius 3 is 1.89 bits per heavy atom. The molecule has 1 aliphatic heterocycles. The second-order valence-electron chi connectivity index (χ2n) is 10.1. The number of carbonyl (C=O) groups is 4. The predicted octanol–water partition coefficient (Wildman–Crippen LogP) is 4.41. The number of likely N-dealkylation sites (tertiary alicyclic amines) is 1. The van der Waals surface area contributed by atoms with Gasteiger partial charge in [-0.25, -0.2) is 4.79 Å². The molecule has 2 bridgehead atoms. The number of anilines is 1. The summed E-state index contributed by atoms with van der Waals surface area (Å²) in [4.78, 5) is 53.9. The van der Waals surface area contributed by atoms with E-state index in [0.29, 0.717) is 10.7 Å². The Bertz CT molecular complexity index is 1400. The van der Waals surface area contributed by atoms with Crippen LogP contribution in [0.1, 0.15) is 46.6 Å². The van der Waals surface area contributed by atoms with E-state index in [0.717, 1.165) is 32.7 Å². The zero-order valence-corrected chi connectivity index (χ0v) is 21.6. The van der Waals surface area contributed by atoms with E-state index in [4.69, 9.17) is 16.3 Å². The normalized spacial score (nSPS) is 23.4. The average molecular weight is 529 g/mol. The van der Waals surface area contributed by atoms with Crippen LogP contribution in [0.4, 0.5) is 5.69 Å². The fraction of sp³-hybridized carbons (Fsp3) is 0.267. The van der Waals surface area contributed by atoms with Crippen molar-refractivity contribution in [2.45, 2.75) is 31.7 Å². The van der Waals surface area contributed by atoms with Crippen molar-refractivity contribution in [3.05, 3.63) is 99.6 Å². The topological polar surface area (TPSA) is 92.8 Å². The molecule has 192 valence electrons. The maximum Gasteiger partial charge on any atom is 0.329 e. The van der Waals surface area contributed by atoms with Crippen molar-refractivity contribution < 1.29 is 23.9 Å². The molecule has 0 aromatic heterocycles. The first-order valence-electron chi connectivity index (χ1n) is 12.5. The fourth-order valence-electron chi connectivity index (χ4n) is 6.36. The number of esters is 1. The van der Waals surface area contributed by atoms with E-state index in [1.54, 1.807) is 18.2 Å². The number of imide groups is 1. The minimum absolute atomic E-state index is 0.256. The van der Waals surface area contributed by atoms with Gasteiger partial charge >= 0.3 is 5.97 Å². The summed E-state index contributed by atoms with van der Waals surface area (Å²) in [5.41, 5.74) is 5.55. The number of hydrogen-bond donors (Lipinski definition) is 1. The van der Waals surface area contributed by atoms with Gasteiger partial charge in [-0.2, -0.15) is 0 Å². The summed E-state index contributed by atoms with van der Waals surface area (Å²) in [6.45, 7) is 2.73. The van der Waals surface area contributed by atoms with Gasteiger partial charge in [-0.05, 0) is 53.8 Å². The van der Waals surface area contributed by atoms with Crippen molar-refractivity contribution >= 4 is 41.0 Å². The highest BCUT2D eigenvalue weighted by molar-refractivity contribution is 6.31. The zero-order chi connectivity index (χ0) is 26.7. The monoisotopic (exact) mass is 528 g/mol. The molecule has 0 saturated carbocycles. The molecule has 3 aromatic carbocycles. The lowest BCUT2D eigenvalue weighted by molar-refractivity contribution is -0.159. The Morgan fingerprint density at radius 1 is 0.895 bits per heavy atom. The van der Waals surface area contributed by atoms with Gasteiger partial charge in [0.2, 0.25) is 11.8 Å². The third kappa shape index (κ3) is 3.64. The number of nitrogens with one attached hydrogen (secondary N) is 1. The minimum atomic E-state index is -1.16. The van der Waals surface area contributed by atoms with Crippen molar-refractivity contribution in [3.8, 4) is 0 Å². The predicted molar refractivity (Wildman–Crippen MR) is 141 cm³/mol. The maximum absolute atomic E-state index is 13.8. The van der Waals surface area contributed by atoms with Gasteiger partial charge in [0.05, 0.1) is 11.8 Å². The molecule has 0 spiro atoms. The van der Waals surface area contributed by atoms with E-state index in [-0.39, 0.29) is 23.7 Å². The van der Waals surface area contributed by atoms with Crippen molar-refractivity contribution in [2.24, 2.45) is 11.8 Å². The number of halogens is 1. The molecular weight excluding hydrogens is 504 g/mol. The number of nitrogens with zero attached hydrogens (tertiary/aromatic N) is 1. The van der Waals surface area contributed by atoms with Gasteiger partial charge in [0, 0.05) is 22.5 Å². The second kappa shape index (κ2) is 9.10. The van der Waals surface area contributed by atoms with Gasteiger partial charge in [0.15, 0.2) is 6.61 Å². The van der Waals surface area contributed by atoms with Gasteiger partial charge in [0.1, 0.15) is 6.04 Å². The van der Waals surface area contributed by atoms with Crippen molar-refractivity contribution in [2.75, 3.05) is 11.9 Å². The first-order valence-corrected chi connectivity index (χ1v) is 12.9. The van der Waals surface area contributed by atoms with Gasteiger partial charge in [0.25, 0.3) is 5.91 Å². The number of benzene rings is 3. The molecule has 4 aliphatic rings. The average Bonchev–Trinajstić information content (AvgIpc) is 3.19. The molecule has 0 radical (unpaired) electrons. The Balaban J connectivity index is 1.21. The molecule has 0 unspecified atom stereocenters. The molecular formula is C30H25ClN2O5. The van der Waals surface area contributed by atoms with E-state index in [2.05, 4.69) is 5.32 Å². The Labute approximate surface area is 224 Å². The van der Waals surface area contributed by atoms with E-state index in [1.165, 1.54) is 6.92 Å². The van der Waals surface area contributed by atoms with Crippen LogP contribution in [0.25, 0.3) is 0 Å². The summed E-state index contributed by atoms with van der Waals surface area (Å²) in [5.74, 6) is -3.78. The Kier molecular flexibility index (Phi) is 5.83. The minimum Gasteiger partial charge on any atom is -0.454 e. The number of hydrogen-bond acceptors (Lipinski definition) is 5. The van der Waals surface area contributed by atoms with Crippen molar-refractivity contribution in [1.29, 1.82) is 0 Å². The number of amides is 3. The summed E-state index contributed by atoms with van der Waals surface area (Å²) in [6.07, 6.45) is 0. The quantitative estimate of drug-likeness (QED) is 0.391. The first kappa shape index (κ1) is 24.4. The molecule has 7 rings (SSSR count). The molecule has 3 aliphatic carbocycles.